The number of esters is 1. The van der Waals surface area contributed by atoms with Crippen LogP contribution >= 0.6 is 27.5 Å². The van der Waals surface area contributed by atoms with E-state index in [0.29, 0.717) is 33.7 Å². The maximum Gasteiger partial charge on any atom is 0.363 e. The van der Waals surface area contributed by atoms with Gasteiger partial charge in [-0.05, 0) is 76.5 Å². The summed E-state index contributed by atoms with van der Waals surface area (Å²) in [4.78, 5) is 27.2. The van der Waals surface area contributed by atoms with Gasteiger partial charge in [0.2, 0.25) is 5.90 Å². The van der Waals surface area contributed by atoms with E-state index in [2.05, 4.69) is 20.9 Å². The van der Waals surface area contributed by atoms with Crippen molar-refractivity contribution in [1.82, 2.24) is 0 Å². The van der Waals surface area contributed by atoms with Crippen molar-refractivity contribution >= 4 is 51.2 Å². The number of rotatable bonds is 8. The standard InChI is InChI=1S/C25H17BrClFN2O6/c1-2-34-22-11-15(9-18(26)23(22)35-13-14-4-3-5-17(28)8-14)10-20-25(31)36-24(29-20)16-6-7-19(27)21(12-16)30(32)33/h3-12H,2,13H2,1H3/b20-10-. The molecule has 0 aromatic heterocycles. The Bertz CT molecular complexity index is 1430. The zero-order chi connectivity index (χ0) is 25.8. The van der Waals surface area contributed by atoms with Crippen LogP contribution in [0.3, 0.4) is 0 Å². The van der Waals surface area contributed by atoms with Crippen molar-refractivity contribution in [3.8, 4) is 11.5 Å². The number of ether oxygens (including phenoxy) is 3. The van der Waals surface area contributed by atoms with Gasteiger partial charge in [-0.1, -0.05) is 23.7 Å². The fourth-order valence-electron chi connectivity index (χ4n) is 3.33. The molecule has 0 aliphatic carbocycles. The summed E-state index contributed by atoms with van der Waals surface area (Å²) in [6.45, 7) is 2.28. The number of carbonyl (C=O) groups excluding carboxylic acids is 1. The summed E-state index contributed by atoms with van der Waals surface area (Å²) in [5.41, 5.74) is 1.10. The molecule has 36 heavy (non-hydrogen) atoms. The summed E-state index contributed by atoms with van der Waals surface area (Å²) >= 11 is 9.31. The van der Waals surface area contributed by atoms with E-state index in [1.54, 1.807) is 24.3 Å². The molecule has 4 rings (SSSR count). The van der Waals surface area contributed by atoms with Gasteiger partial charge >= 0.3 is 5.97 Å². The molecule has 0 radical (unpaired) electrons. The minimum absolute atomic E-state index is 0.00891. The first-order valence-electron chi connectivity index (χ1n) is 10.6. The Morgan fingerprint density at radius 1 is 1.19 bits per heavy atom. The van der Waals surface area contributed by atoms with Gasteiger partial charge in [0.15, 0.2) is 17.2 Å². The van der Waals surface area contributed by atoms with Crippen molar-refractivity contribution < 1.29 is 28.3 Å². The van der Waals surface area contributed by atoms with Crippen molar-refractivity contribution in [2.45, 2.75) is 13.5 Å². The van der Waals surface area contributed by atoms with Gasteiger partial charge < -0.3 is 14.2 Å². The zero-order valence-corrected chi connectivity index (χ0v) is 21.0. The number of carbonyl (C=O) groups is 1. The Kier molecular flexibility index (Phi) is 7.66. The van der Waals surface area contributed by atoms with E-state index in [1.165, 1.54) is 36.4 Å². The van der Waals surface area contributed by atoms with Gasteiger partial charge in [0.05, 0.1) is 16.0 Å². The van der Waals surface area contributed by atoms with E-state index in [4.69, 9.17) is 25.8 Å². The van der Waals surface area contributed by atoms with Crippen LogP contribution in [0.5, 0.6) is 11.5 Å². The summed E-state index contributed by atoms with van der Waals surface area (Å²) < 4.78 is 30.8. The molecule has 0 atom stereocenters. The van der Waals surface area contributed by atoms with Gasteiger partial charge in [0.25, 0.3) is 5.69 Å². The lowest BCUT2D eigenvalue weighted by Gasteiger charge is -2.15. The predicted octanol–water partition coefficient (Wildman–Crippen LogP) is 6.47. The number of aliphatic imine (C=N–C) groups is 1. The van der Waals surface area contributed by atoms with Gasteiger partial charge in [-0.2, -0.15) is 0 Å². The molecule has 3 aromatic carbocycles. The Morgan fingerprint density at radius 2 is 2.00 bits per heavy atom. The average Bonchev–Trinajstić information content (AvgIpc) is 3.19. The molecule has 0 spiro atoms. The number of nitro benzene ring substituents is 1. The molecule has 0 bridgehead atoms. The van der Waals surface area contributed by atoms with Crippen LogP contribution in [-0.4, -0.2) is 23.4 Å². The van der Waals surface area contributed by atoms with E-state index in [0.717, 1.165) is 0 Å². The molecule has 0 amide bonds. The van der Waals surface area contributed by atoms with E-state index < -0.39 is 10.9 Å². The highest BCUT2D eigenvalue weighted by molar-refractivity contribution is 9.10. The number of nitro groups is 1. The van der Waals surface area contributed by atoms with Crippen LogP contribution in [0.1, 0.15) is 23.6 Å². The highest BCUT2D eigenvalue weighted by atomic mass is 79.9. The summed E-state index contributed by atoms with van der Waals surface area (Å²) in [5.74, 6) is -0.346. The predicted molar refractivity (Wildman–Crippen MR) is 135 cm³/mol. The largest absolute Gasteiger partial charge is 0.490 e. The lowest BCUT2D eigenvalue weighted by atomic mass is 10.1. The van der Waals surface area contributed by atoms with Gasteiger partial charge in [-0.3, -0.25) is 10.1 Å². The fraction of sp³-hybridized carbons (Fsp3) is 0.120. The number of benzene rings is 3. The molecule has 0 fully saturated rings. The Balaban J connectivity index is 1.63. The van der Waals surface area contributed by atoms with Crippen molar-refractivity contribution in [3.05, 3.63) is 102 Å². The van der Waals surface area contributed by atoms with Gasteiger partial charge in [0, 0.05) is 11.6 Å². The first kappa shape index (κ1) is 25.3. The number of cyclic esters (lactones) is 1. The molecular formula is C25H17BrClFN2O6. The summed E-state index contributed by atoms with van der Waals surface area (Å²) in [6.07, 6.45) is 1.49. The number of hydrogen-bond donors (Lipinski definition) is 0. The van der Waals surface area contributed by atoms with Crippen LogP contribution < -0.4 is 9.47 Å². The normalized spacial score (nSPS) is 13.9. The molecule has 1 aliphatic heterocycles. The van der Waals surface area contributed by atoms with Crippen molar-refractivity contribution in [2.75, 3.05) is 6.61 Å². The summed E-state index contributed by atoms with van der Waals surface area (Å²) in [6, 6.07) is 13.4. The Morgan fingerprint density at radius 3 is 2.72 bits per heavy atom. The molecule has 184 valence electrons. The quantitative estimate of drug-likeness (QED) is 0.132. The number of halogens is 3. The van der Waals surface area contributed by atoms with Gasteiger partial charge in [-0.15, -0.1) is 0 Å². The average molecular weight is 576 g/mol. The van der Waals surface area contributed by atoms with E-state index in [9.17, 15) is 19.3 Å². The van der Waals surface area contributed by atoms with Gasteiger partial charge in [0.1, 0.15) is 17.4 Å². The molecule has 3 aromatic rings. The van der Waals surface area contributed by atoms with E-state index in [-0.39, 0.29) is 40.3 Å². The lowest BCUT2D eigenvalue weighted by molar-refractivity contribution is -0.384. The highest BCUT2D eigenvalue weighted by Gasteiger charge is 2.26. The van der Waals surface area contributed by atoms with Crippen LogP contribution in [-0.2, 0) is 16.1 Å². The summed E-state index contributed by atoms with van der Waals surface area (Å²) in [7, 11) is 0. The molecule has 0 N–H and O–H groups in total. The van der Waals surface area contributed by atoms with Crippen LogP contribution in [0.4, 0.5) is 10.1 Å². The van der Waals surface area contributed by atoms with Crippen molar-refractivity contribution in [3.63, 3.8) is 0 Å². The topological polar surface area (TPSA) is 100 Å². The minimum atomic E-state index is -0.719. The minimum Gasteiger partial charge on any atom is -0.490 e. The summed E-state index contributed by atoms with van der Waals surface area (Å²) in [5, 5.41) is 11.1. The molecule has 0 saturated heterocycles. The van der Waals surface area contributed by atoms with Crippen LogP contribution in [0, 0.1) is 15.9 Å². The van der Waals surface area contributed by atoms with Crippen molar-refractivity contribution in [1.29, 1.82) is 0 Å². The van der Waals surface area contributed by atoms with Crippen LogP contribution in [0.2, 0.25) is 5.02 Å². The highest BCUT2D eigenvalue weighted by Crippen LogP contribution is 2.38. The third-order valence-electron chi connectivity index (χ3n) is 4.92. The fourth-order valence-corrected chi connectivity index (χ4v) is 4.09. The molecule has 1 aliphatic rings. The number of hydrogen-bond acceptors (Lipinski definition) is 7. The Hall–Kier alpha value is -3.76. The first-order valence-corrected chi connectivity index (χ1v) is 11.7. The second kappa shape index (κ2) is 10.9. The van der Waals surface area contributed by atoms with E-state index >= 15 is 0 Å². The third-order valence-corrected chi connectivity index (χ3v) is 5.83. The monoisotopic (exact) mass is 574 g/mol. The maximum absolute atomic E-state index is 13.5. The molecule has 1 heterocycles. The molecule has 0 unspecified atom stereocenters. The SMILES string of the molecule is CCOc1cc(/C=C2\N=C(c3ccc(Cl)c([N+](=O)[O-])c3)OC2=O)cc(Br)c1OCc1cccc(F)c1. The molecular weight excluding hydrogens is 559 g/mol. The van der Waals surface area contributed by atoms with Gasteiger partial charge in [-0.25, -0.2) is 14.2 Å². The van der Waals surface area contributed by atoms with Crippen molar-refractivity contribution in [2.24, 2.45) is 4.99 Å². The first-order chi connectivity index (χ1) is 17.2. The van der Waals surface area contributed by atoms with E-state index in [1.807, 2.05) is 6.92 Å². The molecule has 11 heteroatoms. The molecule has 0 saturated carbocycles. The Labute approximate surface area is 218 Å². The zero-order valence-electron chi connectivity index (χ0n) is 18.7. The second-order valence-corrected chi connectivity index (χ2v) is 8.70. The second-order valence-electron chi connectivity index (χ2n) is 7.44. The number of nitrogens with zero attached hydrogens (tertiary/aromatic N) is 2. The van der Waals surface area contributed by atoms with Crippen LogP contribution in [0.15, 0.2) is 69.8 Å². The third kappa shape index (κ3) is 5.72. The molecule has 8 nitrogen and oxygen atoms in total. The smallest absolute Gasteiger partial charge is 0.363 e. The van der Waals surface area contributed by atoms with Crippen LogP contribution in [0.25, 0.3) is 6.08 Å². The maximum atomic E-state index is 13.5. The lowest BCUT2D eigenvalue weighted by Crippen LogP contribution is -2.06.